The summed E-state index contributed by atoms with van der Waals surface area (Å²) in [6.07, 6.45) is 1.29. The zero-order valence-electron chi connectivity index (χ0n) is 10.9. The molecule has 0 bridgehead atoms. The molecule has 0 unspecified atom stereocenters. The minimum absolute atomic E-state index is 0.0931. The lowest BCUT2D eigenvalue weighted by atomic mass is 10.1. The van der Waals surface area contributed by atoms with E-state index in [0.29, 0.717) is 0 Å². The van der Waals surface area contributed by atoms with Gasteiger partial charge in [-0.3, -0.25) is 4.79 Å². The Morgan fingerprint density at radius 1 is 1.39 bits per heavy atom. The van der Waals surface area contributed by atoms with Crippen molar-refractivity contribution in [2.75, 3.05) is 26.7 Å². The number of hydrogen-bond acceptors (Lipinski definition) is 2. The van der Waals surface area contributed by atoms with E-state index in [1.165, 1.54) is 19.5 Å². The molecule has 1 atom stereocenters. The first kappa shape index (κ1) is 13.6. The van der Waals surface area contributed by atoms with Crippen LogP contribution in [-0.2, 0) is 0 Å². The number of halogens is 1. The number of rotatable bonds is 4. The Balaban J connectivity index is 1.96. The van der Waals surface area contributed by atoms with Crippen LogP contribution in [0, 0.1) is 0 Å². The molecule has 0 aliphatic carbocycles. The van der Waals surface area contributed by atoms with Crippen molar-refractivity contribution in [2.24, 2.45) is 0 Å². The molecule has 1 saturated heterocycles. The van der Waals surface area contributed by atoms with Gasteiger partial charge in [-0.1, -0.05) is 15.9 Å². The van der Waals surface area contributed by atoms with E-state index in [4.69, 9.17) is 0 Å². The molecule has 1 aliphatic rings. The molecule has 1 aliphatic heterocycles. The van der Waals surface area contributed by atoms with Crippen molar-refractivity contribution in [2.45, 2.75) is 19.4 Å². The summed E-state index contributed by atoms with van der Waals surface area (Å²) in [5, 5.41) is 0. The Labute approximate surface area is 117 Å². The van der Waals surface area contributed by atoms with Crippen molar-refractivity contribution in [3.63, 3.8) is 0 Å². The summed E-state index contributed by atoms with van der Waals surface area (Å²) < 4.78 is 0.996. The van der Waals surface area contributed by atoms with E-state index in [-0.39, 0.29) is 11.9 Å². The lowest BCUT2D eigenvalue weighted by molar-refractivity contribution is 0.0665. The van der Waals surface area contributed by atoms with E-state index in [0.717, 1.165) is 16.6 Å². The highest BCUT2D eigenvalue weighted by atomic mass is 79.9. The van der Waals surface area contributed by atoms with Crippen molar-refractivity contribution in [3.8, 4) is 0 Å². The van der Waals surface area contributed by atoms with Gasteiger partial charge in [0.1, 0.15) is 0 Å². The van der Waals surface area contributed by atoms with Crippen molar-refractivity contribution >= 4 is 21.8 Å². The second kappa shape index (κ2) is 5.85. The van der Waals surface area contributed by atoms with Crippen LogP contribution < -0.4 is 0 Å². The van der Waals surface area contributed by atoms with Gasteiger partial charge in [0.2, 0.25) is 0 Å². The number of likely N-dealkylation sites (tertiary alicyclic amines) is 1. The van der Waals surface area contributed by atoms with Gasteiger partial charge in [0, 0.05) is 29.7 Å². The van der Waals surface area contributed by atoms with Gasteiger partial charge in [-0.2, -0.15) is 0 Å². The highest BCUT2D eigenvalue weighted by molar-refractivity contribution is 9.10. The number of likely N-dealkylation sites (N-methyl/N-ethyl adjacent to an activating group) is 1. The third-order valence-corrected chi connectivity index (χ3v) is 4.07. The number of benzene rings is 1. The van der Waals surface area contributed by atoms with Gasteiger partial charge in [0.15, 0.2) is 0 Å². The number of hydrogen-bond donors (Lipinski definition) is 0. The zero-order valence-corrected chi connectivity index (χ0v) is 12.5. The predicted molar refractivity (Wildman–Crippen MR) is 76.8 cm³/mol. The second-order valence-corrected chi connectivity index (χ2v) is 5.84. The minimum Gasteiger partial charge on any atom is -0.338 e. The topological polar surface area (TPSA) is 23.6 Å². The number of carbonyl (C=O) groups excluding carboxylic acids is 1. The van der Waals surface area contributed by atoms with Crippen molar-refractivity contribution in [1.29, 1.82) is 0 Å². The maximum atomic E-state index is 12.3. The fourth-order valence-electron chi connectivity index (χ4n) is 2.06. The Hall–Kier alpha value is -0.870. The van der Waals surface area contributed by atoms with Crippen molar-refractivity contribution in [1.82, 2.24) is 9.80 Å². The Bertz CT molecular complexity index is 414. The van der Waals surface area contributed by atoms with E-state index in [1.54, 1.807) is 0 Å². The molecule has 0 N–H and O–H groups in total. The van der Waals surface area contributed by atoms with Gasteiger partial charge in [-0.05, 0) is 50.7 Å². The van der Waals surface area contributed by atoms with Crippen LogP contribution in [0.1, 0.15) is 23.7 Å². The van der Waals surface area contributed by atoms with Crippen LogP contribution in [-0.4, -0.2) is 48.4 Å². The first-order valence-corrected chi connectivity index (χ1v) is 7.12. The molecule has 18 heavy (non-hydrogen) atoms. The van der Waals surface area contributed by atoms with Gasteiger partial charge in [0.25, 0.3) is 5.91 Å². The van der Waals surface area contributed by atoms with E-state index in [9.17, 15) is 4.79 Å². The molecule has 1 heterocycles. The molecule has 0 saturated carbocycles. The summed E-state index contributed by atoms with van der Waals surface area (Å²) in [7, 11) is 1.88. The highest BCUT2D eigenvalue weighted by Gasteiger charge is 2.22. The second-order valence-electron chi connectivity index (χ2n) is 4.93. The monoisotopic (exact) mass is 310 g/mol. The molecule has 0 radical (unpaired) electrons. The lowest BCUT2D eigenvalue weighted by Crippen LogP contribution is -2.47. The fourth-order valence-corrected chi connectivity index (χ4v) is 2.32. The third-order valence-electron chi connectivity index (χ3n) is 3.54. The van der Waals surface area contributed by atoms with Gasteiger partial charge >= 0.3 is 0 Å². The van der Waals surface area contributed by atoms with Crippen LogP contribution in [0.5, 0.6) is 0 Å². The smallest absolute Gasteiger partial charge is 0.253 e. The van der Waals surface area contributed by atoms with E-state index in [2.05, 4.69) is 27.8 Å². The van der Waals surface area contributed by atoms with Gasteiger partial charge in [-0.15, -0.1) is 0 Å². The number of nitrogens with zero attached hydrogens (tertiary/aromatic N) is 2. The highest BCUT2D eigenvalue weighted by Crippen LogP contribution is 2.14. The first-order valence-electron chi connectivity index (χ1n) is 6.33. The maximum Gasteiger partial charge on any atom is 0.253 e. The molecule has 1 amide bonds. The van der Waals surface area contributed by atoms with E-state index in [1.807, 2.05) is 36.2 Å². The van der Waals surface area contributed by atoms with Gasteiger partial charge in [-0.25, -0.2) is 0 Å². The van der Waals surface area contributed by atoms with Gasteiger partial charge < -0.3 is 9.80 Å². The van der Waals surface area contributed by atoms with Crippen LogP contribution in [0.3, 0.4) is 0 Å². The lowest BCUT2D eigenvalue weighted by Gasteiger charge is -2.36. The molecule has 2 rings (SSSR count). The van der Waals surface area contributed by atoms with E-state index < -0.39 is 0 Å². The zero-order chi connectivity index (χ0) is 13.1. The minimum atomic E-state index is 0.0931. The molecular formula is C14H19BrN2O. The molecule has 1 aromatic rings. The van der Waals surface area contributed by atoms with Crippen LogP contribution in [0.15, 0.2) is 28.7 Å². The Morgan fingerprint density at radius 3 is 2.50 bits per heavy atom. The molecule has 0 spiro atoms. The normalized spacial score (nSPS) is 17.1. The summed E-state index contributed by atoms with van der Waals surface area (Å²) in [5.74, 6) is 0.0931. The maximum absolute atomic E-state index is 12.3. The van der Waals surface area contributed by atoms with Crippen LogP contribution in [0.25, 0.3) is 0 Å². The van der Waals surface area contributed by atoms with Crippen LogP contribution in [0.4, 0.5) is 0 Å². The largest absolute Gasteiger partial charge is 0.338 e. The Morgan fingerprint density at radius 2 is 2.00 bits per heavy atom. The molecule has 98 valence electrons. The molecule has 1 fully saturated rings. The standard InChI is InChI=1S/C14H19BrN2O/c1-11(10-17-8-3-9-17)16(2)14(18)12-4-6-13(15)7-5-12/h4-7,11H,3,8-10H2,1-2H3/t11-/m0/s1. The van der Waals surface area contributed by atoms with Crippen molar-refractivity contribution in [3.05, 3.63) is 34.3 Å². The summed E-state index contributed by atoms with van der Waals surface area (Å²) in [6, 6.07) is 7.78. The molecular weight excluding hydrogens is 292 g/mol. The SMILES string of the molecule is C[C@@H](CN1CCC1)N(C)C(=O)c1ccc(Br)cc1. The molecule has 3 nitrogen and oxygen atoms in total. The molecule has 4 heteroatoms. The fraction of sp³-hybridized carbons (Fsp3) is 0.500. The van der Waals surface area contributed by atoms with E-state index >= 15 is 0 Å². The van der Waals surface area contributed by atoms with Crippen LogP contribution >= 0.6 is 15.9 Å². The molecule has 0 aromatic heterocycles. The Kier molecular flexibility index (Phi) is 4.40. The summed E-state index contributed by atoms with van der Waals surface area (Å²) in [5.41, 5.74) is 0.746. The third kappa shape index (κ3) is 3.12. The van der Waals surface area contributed by atoms with Crippen LogP contribution in [0.2, 0.25) is 0 Å². The first-order chi connectivity index (χ1) is 8.58. The van der Waals surface area contributed by atoms with Gasteiger partial charge in [0.05, 0.1) is 0 Å². The predicted octanol–water partition coefficient (Wildman–Crippen LogP) is 2.62. The summed E-state index contributed by atoms with van der Waals surface area (Å²) >= 11 is 3.38. The molecule has 1 aromatic carbocycles. The summed E-state index contributed by atoms with van der Waals surface area (Å²) in [4.78, 5) is 16.5. The number of carbonyl (C=O) groups is 1. The average molecular weight is 311 g/mol. The quantitative estimate of drug-likeness (QED) is 0.853. The summed E-state index contributed by atoms with van der Waals surface area (Å²) in [6.45, 7) is 5.42. The van der Waals surface area contributed by atoms with Crippen molar-refractivity contribution < 1.29 is 4.79 Å². The number of amides is 1. The average Bonchev–Trinajstić information content (AvgIpc) is 2.32.